The second kappa shape index (κ2) is 7.04. The van der Waals surface area contributed by atoms with Gasteiger partial charge in [0.1, 0.15) is 0 Å². The van der Waals surface area contributed by atoms with Crippen molar-refractivity contribution in [3.63, 3.8) is 0 Å². The van der Waals surface area contributed by atoms with Gasteiger partial charge in [0.05, 0.1) is 22.9 Å². The van der Waals surface area contributed by atoms with Crippen molar-refractivity contribution in [1.82, 2.24) is 14.1 Å². The molecule has 2 aromatic heterocycles. The predicted octanol–water partition coefficient (Wildman–Crippen LogP) is 5.19. The van der Waals surface area contributed by atoms with Crippen molar-refractivity contribution >= 4 is 39.1 Å². The van der Waals surface area contributed by atoms with Crippen LogP contribution in [0.4, 0.5) is 5.95 Å². The summed E-state index contributed by atoms with van der Waals surface area (Å²) in [5.74, 6) is 0.715. The maximum atomic E-state index is 4.57. The van der Waals surface area contributed by atoms with Crippen molar-refractivity contribution in [2.45, 2.75) is 13.8 Å². The van der Waals surface area contributed by atoms with Crippen molar-refractivity contribution in [3.8, 4) is 5.69 Å². The van der Waals surface area contributed by atoms with E-state index in [1.807, 2.05) is 54.2 Å². The molecule has 0 saturated heterocycles. The summed E-state index contributed by atoms with van der Waals surface area (Å²) in [5.41, 5.74) is 9.56. The molecule has 0 bridgehead atoms. The molecule has 4 rings (SSSR count). The van der Waals surface area contributed by atoms with Gasteiger partial charge >= 0.3 is 0 Å². The second-order valence-corrected chi connectivity index (χ2v) is 7.32. The number of nitrogens with one attached hydrogen (secondary N) is 1. The van der Waals surface area contributed by atoms with Gasteiger partial charge in [0.25, 0.3) is 0 Å². The highest BCUT2D eigenvalue weighted by Gasteiger charge is 2.11. The number of aryl methyl sites for hydroxylation is 2. The first-order valence-corrected chi connectivity index (χ1v) is 9.50. The molecule has 136 valence electrons. The van der Waals surface area contributed by atoms with E-state index >= 15 is 0 Å². The van der Waals surface area contributed by atoms with Gasteiger partial charge in [-0.25, -0.2) is 10.4 Å². The Bertz CT molecular complexity index is 1150. The van der Waals surface area contributed by atoms with Crippen LogP contribution in [0.15, 0.2) is 64.2 Å². The number of nitrogens with zero attached hydrogens (tertiary/aromatic N) is 4. The maximum absolute atomic E-state index is 4.57. The number of hydrogen-bond acceptors (Lipinski definition) is 3. The SMILES string of the molecule is Cc1cc(/C=N\Nc2nc3ccccc3n2C)c(C)n1-c1ccccc1Br. The molecule has 2 heterocycles. The quantitative estimate of drug-likeness (QED) is 0.364. The summed E-state index contributed by atoms with van der Waals surface area (Å²) >= 11 is 3.64. The normalized spacial score (nSPS) is 11.6. The fourth-order valence-corrected chi connectivity index (χ4v) is 3.79. The van der Waals surface area contributed by atoms with E-state index in [-0.39, 0.29) is 0 Å². The number of fused-ring (bicyclic) bond motifs is 1. The third kappa shape index (κ3) is 3.17. The molecule has 0 aliphatic heterocycles. The highest BCUT2D eigenvalue weighted by Crippen LogP contribution is 2.26. The average Bonchev–Trinajstić information content (AvgIpc) is 3.13. The van der Waals surface area contributed by atoms with E-state index < -0.39 is 0 Å². The summed E-state index contributed by atoms with van der Waals surface area (Å²) in [5, 5.41) is 4.42. The van der Waals surface area contributed by atoms with Crippen LogP contribution in [0.5, 0.6) is 0 Å². The van der Waals surface area contributed by atoms with Crippen molar-refractivity contribution < 1.29 is 0 Å². The van der Waals surface area contributed by atoms with E-state index in [1.165, 1.54) is 0 Å². The Morgan fingerprint density at radius 1 is 1.07 bits per heavy atom. The Morgan fingerprint density at radius 2 is 1.81 bits per heavy atom. The second-order valence-electron chi connectivity index (χ2n) is 6.47. The number of benzene rings is 2. The van der Waals surface area contributed by atoms with Gasteiger partial charge in [0, 0.05) is 28.5 Å². The zero-order valence-corrected chi connectivity index (χ0v) is 17.0. The van der Waals surface area contributed by atoms with Crippen LogP contribution in [0.2, 0.25) is 0 Å². The number of aromatic nitrogens is 3. The number of halogens is 1. The molecule has 1 N–H and O–H groups in total. The van der Waals surface area contributed by atoms with Gasteiger partial charge < -0.3 is 9.13 Å². The molecule has 0 fully saturated rings. The lowest BCUT2D eigenvalue weighted by Crippen LogP contribution is -2.01. The van der Waals surface area contributed by atoms with E-state index in [1.54, 1.807) is 0 Å². The topological polar surface area (TPSA) is 47.1 Å². The van der Waals surface area contributed by atoms with Gasteiger partial charge in [-0.1, -0.05) is 24.3 Å². The van der Waals surface area contributed by atoms with E-state index in [2.05, 4.69) is 68.1 Å². The Hall–Kier alpha value is -2.86. The van der Waals surface area contributed by atoms with Gasteiger partial charge in [-0.05, 0) is 60.1 Å². The third-order valence-corrected chi connectivity index (χ3v) is 5.39. The smallest absolute Gasteiger partial charge is 0.224 e. The molecule has 0 saturated carbocycles. The van der Waals surface area contributed by atoms with Crippen molar-refractivity contribution in [2.75, 3.05) is 5.43 Å². The average molecular weight is 422 g/mol. The van der Waals surface area contributed by atoms with Crippen LogP contribution in [0.25, 0.3) is 16.7 Å². The Balaban J connectivity index is 1.62. The number of imidazole rings is 1. The molecular weight excluding hydrogens is 402 g/mol. The Labute approximate surface area is 166 Å². The predicted molar refractivity (Wildman–Crippen MR) is 115 cm³/mol. The van der Waals surface area contributed by atoms with Gasteiger partial charge in [-0.2, -0.15) is 5.10 Å². The highest BCUT2D eigenvalue weighted by atomic mass is 79.9. The van der Waals surface area contributed by atoms with Gasteiger partial charge in [-0.15, -0.1) is 0 Å². The largest absolute Gasteiger partial charge is 0.317 e. The summed E-state index contributed by atoms with van der Waals surface area (Å²) < 4.78 is 5.28. The van der Waals surface area contributed by atoms with Crippen LogP contribution < -0.4 is 5.43 Å². The van der Waals surface area contributed by atoms with Crippen LogP contribution >= 0.6 is 15.9 Å². The lowest BCUT2D eigenvalue weighted by molar-refractivity contribution is 0.942. The molecule has 0 spiro atoms. The zero-order chi connectivity index (χ0) is 19.0. The Morgan fingerprint density at radius 3 is 2.59 bits per heavy atom. The van der Waals surface area contributed by atoms with Crippen molar-refractivity contribution in [1.29, 1.82) is 0 Å². The first-order valence-electron chi connectivity index (χ1n) is 8.70. The third-order valence-electron chi connectivity index (χ3n) is 4.72. The van der Waals surface area contributed by atoms with Crippen LogP contribution in [-0.2, 0) is 7.05 Å². The van der Waals surface area contributed by atoms with Gasteiger partial charge in [0.15, 0.2) is 0 Å². The monoisotopic (exact) mass is 421 g/mol. The molecule has 0 aliphatic rings. The molecule has 5 nitrogen and oxygen atoms in total. The number of rotatable bonds is 4. The lowest BCUT2D eigenvalue weighted by Gasteiger charge is -2.11. The van der Waals surface area contributed by atoms with Crippen molar-refractivity contribution in [2.24, 2.45) is 12.1 Å². The minimum absolute atomic E-state index is 0.715. The minimum atomic E-state index is 0.715. The van der Waals surface area contributed by atoms with Crippen molar-refractivity contribution in [3.05, 3.63) is 76.0 Å². The molecule has 0 unspecified atom stereocenters. The van der Waals surface area contributed by atoms with Crippen LogP contribution in [0, 0.1) is 13.8 Å². The summed E-state index contributed by atoms with van der Waals surface area (Å²) in [6.07, 6.45) is 1.84. The zero-order valence-electron chi connectivity index (χ0n) is 15.4. The minimum Gasteiger partial charge on any atom is -0.317 e. The first-order chi connectivity index (χ1) is 13.1. The number of para-hydroxylation sites is 3. The molecule has 2 aromatic carbocycles. The number of anilines is 1. The van der Waals surface area contributed by atoms with E-state index in [9.17, 15) is 0 Å². The van der Waals surface area contributed by atoms with Crippen LogP contribution in [-0.4, -0.2) is 20.3 Å². The molecule has 4 aromatic rings. The lowest BCUT2D eigenvalue weighted by atomic mass is 10.2. The number of hydrazone groups is 1. The fraction of sp³-hybridized carbons (Fsp3) is 0.143. The van der Waals surface area contributed by atoms with E-state index in [0.29, 0.717) is 5.95 Å². The van der Waals surface area contributed by atoms with Gasteiger partial charge in [0.2, 0.25) is 5.95 Å². The molecule has 0 atom stereocenters. The maximum Gasteiger partial charge on any atom is 0.224 e. The Kier molecular flexibility index (Phi) is 4.58. The standard InChI is InChI=1S/C21H20BrN5/c1-14-12-16(15(2)27(14)19-10-6-4-8-17(19)22)13-23-25-21-24-18-9-5-7-11-20(18)26(21)3/h4-13H,1-3H3,(H,24,25)/b23-13-. The molecular formula is C21H20BrN5. The summed E-state index contributed by atoms with van der Waals surface area (Å²) in [7, 11) is 1.98. The first kappa shape index (κ1) is 17.5. The fourth-order valence-electron chi connectivity index (χ4n) is 3.33. The molecule has 6 heteroatoms. The van der Waals surface area contributed by atoms with Crippen LogP contribution in [0.3, 0.4) is 0 Å². The molecule has 0 amide bonds. The highest BCUT2D eigenvalue weighted by molar-refractivity contribution is 9.10. The van der Waals surface area contributed by atoms with E-state index in [0.717, 1.165) is 38.1 Å². The summed E-state index contributed by atoms with van der Waals surface area (Å²) in [6.45, 7) is 4.20. The number of hydrogen-bond donors (Lipinski definition) is 1. The van der Waals surface area contributed by atoms with E-state index in [4.69, 9.17) is 0 Å². The summed E-state index contributed by atoms with van der Waals surface area (Å²) in [6, 6.07) is 18.4. The van der Waals surface area contributed by atoms with Crippen LogP contribution in [0.1, 0.15) is 17.0 Å². The summed E-state index contributed by atoms with van der Waals surface area (Å²) in [4.78, 5) is 4.57. The molecule has 27 heavy (non-hydrogen) atoms. The molecule has 0 aliphatic carbocycles. The van der Waals surface area contributed by atoms with Gasteiger partial charge in [-0.3, -0.25) is 0 Å². The molecule has 0 radical (unpaired) electrons.